The van der Waals surface area contributed by atoms with Gasteiger partial charge in [-0.25, -0.2) is 0 Å². The lowest BCUT2D eigenvalue weighted by Crippen LogP contribution is -3.15. The van der Waals surface area contributed by atoms with Crippen molar-refractivity contribution in [3.63, 3.8) is 0 Å². The Bertz CT molecular complexity index is 493. The summed E-state index contributed by atoms with van der Waals surface area (Å²) in [6.07, 6.45) is 0. The summed E-state index contributed by atoms with van der Waals surface area (Å²) < 4.78 is 5.49. The Kier molecular flexibility index (Phi) is 6.42. The highest BCUT2D eigenvalue weighted by Crippen LogP contribution is 2.16. The second-order valence-corrected chi connectivity index (χ2v) is 6.71. The van der Waals surface area contributed by atoms with Crippen LogP contribution in [-0.2, 0) is 9.53 Å². The molecule has 0 saturated carbocycles. The van der Waals surface area contributed by atoms with Gasteiger partial charge in [0.2, 0.25) is 5.91 Å². The highest BCUT2D eigenvalue weighted by Gasteiger charge is 2.27. The fourth-order valence-electron chi connectivity index (χ4n) is 2.89. The molecule has 0 aromatic heterocycles. The van der Waals surface area contributed by atoms with Crippen LogP contribution in [-0.4, -0.2) is 52.9 Å². The maximum absolute atomic E-state index is 12.0. The van der Waals surface area contributed by atoms with E-state index < -0.39 is 0 Å². The third kappa shape index (κ3) is 4.94. The first-order chi connectivity index (χ1) is 11.0. The Morgan fingerprint density at radius 2 is 1.83 bits per heavy atom. The van der Waals surface area contributed by atoms with Crippen molar-refractivity contribution in [3.05, 3.63) is 29.8 Å². The number of hydrogen-bond donors (Lipinski definition) is 2. The van der Waals surface area contributed by atoms with Crippen molar-refractivity contribution < 1.29 is 14.4 Å². The smallest absolute Gasteiger partial charge is 0.222 e. The number of nitrogens with one attached hydrogen (secondary N) is 2. The zero-order chi connectivity index (χ0) is 16.8. The lowest BCUT2D eigenvalue weighted by atomic mass is 10.0. The van der Waals surface area contributed by atoms with Gasteiger partial charge in [-0.3, -0.25) is 4.79 Å². The van der Waals surface area contributed by atoms with Crippen LogP contribution < -0.4 is 15.1 Å². The second kappa shape index (κ2) is 8.31. The molecule has 1 heterocycles. The minimum Gasteiger partial charge on any atom is -0.378 e. The summed E-state index contributed by atoms with van der Waals surface area (Å²) in [6, 6.07) is 8.94. The number of amides is 1. The SMILES string of the molecule is CC(C)C(=O)NC[C@H](c1ccc(N(C)C)cc1)[NH+]1CCOCC1. The van der Waals surface area contributed by atoms with Crippen LogP contribution >= 0.6 is 0 Å². The van der Waals surface area contributed by atoms with E-state index in [0.717, 1.165) is 26.3 Å². The fourth-order valence-corrected chi connectivity index (χ4v) is 2.89. The maximum Gasteiger partial charge on any atom is 0.222 e. The fraction of sp³-hybridized carbons (Fsp3) is 0.611. The number of nitrogens with zero attached hydrogens (tertiary/aromatic N) is 1. The molecule has 0 aliphatic carbocycles. The van der Waals surface area contributed by atoms with E-state index >= 15 is 0 Å². The molecule has 1 amide bonds. The molecule has 0 unspecified atom stereocenters. The van der Waals surface area contributed by atoms with Crippen LogP contribution in [0.3, 0.4) is 0 Å². The van der Waals surface area contributed by atoms with Gasteiger partial charge in [-0.2, -0.15) is 0 Å². The van der Waals surface area contributed by atoms with E-state index in [9.17, 15) is 4.79 Å². The van der Waals surface area contributed by atoms with Gasteiger partial charge in [0.25, 0.3) is 0 Å². The van der Waals surface area contributed by atoms with Crippen LogP contribution in [0.1, 0.15) is 25.5 Å². The van der Waals surface area contributed by atoms with Crippen molar-refractivity contribution in [1.82, 2.24) is 5.32 Å². The van der Waals surface area contributed by atoms with Gasteiger partial charge in [0.15, 0.2) is 0 Å². The van der Waals surface area contributed by atoms with E-state index in [4.69, 9.17) is 4.74 Å². The van der Waals surface area contributed by atoms with Gasteiger partial charge < -0.3 is 19.9 Å². The number of morpholine rings is 1. The third-order valence-corrected chi connectivity index (χ3v) is 4.44. The third-order valence-electron chi connectivity index (χ3n) is 4.44. The molecule has 1 saturated heterocycles. The van der Waals surface area contributed by atoms with Gasteiger partial charge in [0.05, 0.1) is 19.8 Å². The number of carbonyl (C=O) groups excluding carboxylic acids is 1. The average molecular weight is 320 g/mol. The Balaban J connectivity index is 2.12. The van der Waals surface area contributed by atoms with E-state index in [2.05, 4.69) is 34.5 Å². The van der Waals surface area contributed by atoms with Gasteiger partial charge in [0.1, 0.15) is 19.1 Å². The first kappa shape index (κ1) is 17.8. The largest absolute Gasteiger partial charge is 0.378 e. The Morgan fingerprint density at radius 1 is 1.22 bits per heavy atom. The molecule has 1 fully saturated rings. The summed E-state index contributed by atoms with van der Waals surface area (Å²) in [5.41, 5.74) is 2.47. The van der Waals surface area contributed by atoms with Crippen LogP contribution in [0.4, 0.5) is 5.69 Å². The van der Waals surface area contributed by atoms with Gasteiger partial charge in [-0.15, -0.1) is 0 Å². The molecular weight excluding hydrogens is 290 g/mol. The number of ether oxygens (including phenoxy) is 1. The lowest BCUT2D eigenvalue weighted by Gasteiger charge is -2.32. The van der Waals surface area contributed by atoms with Gasteiger partial charge in [0, 0.05) is 31.3 Å². The van der Waals surface area contributed by atoms with Crippen LogP contribution in [0.2, 0.25) is 0 Å². The Labute approximate surface area is 139 Å². The second-order valence-electron chi connectivity index (χ2n) is 6.71. The van der Waals surface area contributed by atoms with E-state index in [-0.39, 0.29) is 17.9 Å². The predicted octanol–water partition coefficient (Wildman–Crippen LogP) is 0.481. The highest BCUT2D eigenvalue weighted by atomic mass is 16.5. The van der Waals surface area contributed by atoms with Crippen molar-refractivity contribution in [1.29, 1.82) is 0 Å². The zero-order valence-electron chi connectivity index (χ0n) is 14.8. The standard InChI is InChI=1S/C18H29N3O2/c1-14(2)18(22)19-13-17(21-9-11-23-12-10-21)15-5-7-16(8-6-15)20(3)4/h5-8,14,17H,9-13H2,1-4H3,(H,19,22)/p+1/t17-/m1/s1. The zero-order valence-corrected chi connectivity index (χ0v) is 14.8. The number of carbonyl (C=O) groups is 1. The van der Waals surface area contributed by atoms with E-state index in [1.54, 1.807) is 0 Å². The highest BCUT2D eigenvalue weighted by molar-refractivity contribution is 5.77. The molecule has 0 radical (unpaired) electrons. The van der Waals surface area contributed by atoms with E-state index in [1.165, 1.54) is 16.2 Å². The molecule has 1 aliphatic rings. The maximum atomic E-state index is 12.0. The molecule has 2 N–H and O–H groups in total. The summed E-state index contributed by atoms with van der Waals surface area (Å²) in [5.74, 6) is 0.138. The van der Waals surface area contributed by atoms with E-state index in [1.807, 2.05) is 27.9 Å². The van der Waals surface area contributed by atoms with Crippen molar-refractivity contribution >= 4 is 11.6 Å². The molecule has 0 spiro atoms. The molecule has 1 aromatic rings. The van der Waals surface area contributed by atoms with Crippen LogP contribution in [0.5, 0.6) is 0 Å². The molecule has 128 valence electrons. The molecular formula is C18H30N3O2+. The molecule has 0 bridgehead atoms. The van der Waals surface area contributed by atoms with E-state index in [0.29, 0.717) is 6.54 Å². The number of benzene rings is 1. The van der Waals surface area contributed by atoms with Crippen molar-refractivity contribution in [3.8, 4) is 0 Å². The minimum atomic E-state index is 0.0199. The molecule has 23 heavy (non-hydrogen) atoms. The predicted molar refractivity (Wildman–Crippen MR) is 92.9 cm³/mol. The average Bonchev–Trinajstić information content (AvgIpc) is 2.56. The van der Waals surface area contributed by atoms with Gasteiger partial charge in [-0.1, -0.05) is 26.0 Å². The molecule has 2 rings (SSSR count). The normalized spacial score (nSPS) is 17.1. The first-order valence-corrected chi connectivity index (χ1v) is 8.46. The summed E-state index contributed by atoms with van der Waals surface area (Å²) in [5, 5.41) is 3.10. The Hall–Kier alpha value is -1.59. The quantitative estimate of drug-likeness (QED) is 0.801. The summed E-state index contributed by atoms with van der Waals surface area (Å²) >= 11 is 0. The molecule has 5 heteroatoms. The number of rotatable bonds is 6. The molecule has 1 aromatic carbocycles. The monoisotopic (exact) mass is 320 g/mol. The number of hydrogen-bond acceptors (Lipinski definition) is 3. The topological polar surface area (TPSA) is 46.0 Å². The summed E-state index contributed by atoms with van der Waals surface area (Å²) in [7, 11) is 4.09. The lowest BCUT2D eigenvalue weighted by molar-refractivity contribution is -0.937. The summed E-state index contributed by atoms with van der Waals surface area (Å²) in [4.78, 5) is 15.5. The van der Waals surface area contributed by atoms with Gasteiger partial charge in [-0.05, 0) is 12.1 Å². The first-order valence-electron chi connectivity index (χ1n) is 8.46. The number of quaternary nitrogens is 1. The van der Waals surface area contributed by atoms with Crippen molar-refractivity contribution in [2.45, 2.75) is 19.9 Å². The van der Waals surface area contributed by atoms with Crippen molar-refractivity contribution in [2.24, 2.45) is 5.92 Å². The van der Waals surface area contributed by atoms with Crippen LogP contribution in [0.15, 0.2) is 24.3 Å². The molecule has 1 atom stereocenters. The molecule has 5 nitrogen and oxygen atoms in total. The van der Waals surface area contributed by atoms with Gasteiger partial charge >= 0.3 is 0 Å². The molecule has 1 aliphatic heterocycles. The number of anilines is 1. The minimum absolute atomic E-state index is 0.0199. The van der Waals surface area contributed by atoms with Crippen molar-refractivity contribution in [2.75, 3.05) is 51.8 Å². The summed E-state index contributed by atoms with van der Waals surface area (Å²) in [6.45, 7) is 8.08. The Morgan fingerprint density at radius 3 is 2.35 bits per heavy atom. The van der Waals surface area contributed by atoms with Crippen LogP contribution in [0, 0.1) is 5.92 Å². The van der Waals surface area contributed by atoms with Crippen LogP contribution in [0.25, 0.3) is 0 Å².